The topological polar surface area (TPSA) is 52.6 Å². The van der Waals surface area contributed by atoms with Crippen molar-refractivity contribution in [2.24, 2.45) is 0 Å². The Hall–Kier alpha value is -0.935. The molecule has 0 spiro atoms. The largest absolute Gasteiger partial charge is 0.454 e. The third kappa shape index (κ3) is 4.53. The Balaban J connectivity index is 2.06. The molecule has 0 aromatic heterocycles. The van der Waals surface area contributed by atoms with E-state index in [-0.39, 0.29) is 24.0 Å². The first-order valence-corrected chi connectivity index (χ1v) is 9.96. The van der Waals surface area contributed by atoms with Crippen molar-refractivity contribution in [1.29, 1.82) is 0 Å². The van der Waals surface area contributed by atoms with Crippen LogP contribution in [0.3, 0.4) is 0 Å². The molecule has 0 aromatic rings. The van der Waals surface area contributed by atoms with E-state index >= 15 is 0 Å². The molecule has 1 saturated carbocycles. The average molecular weight is 334 g/mol. The first-order valence-electron chi connectivity index (χ1n) is 7.01. The number of carbonyl (C=O) groups excluding carboxylic acids is 2. The van der Waals surface area contributed by atoms with Gasteiger partial charge in [0.2, 0.25) is 0 Å². The van der Waals surface area contributed by atoms with Crippen LogP contribution < -0.4 is 0 Å². The SMILES string of the molecule is [B]P(P)O[C@@H]1C[C@@H]2OC(=O)C=C2C1=CCC(=O)CCC#CC. The van der Waals surface area contributed by atoms with Gasteiger partial charge in [0, 0.05) is 37.3 Å². The minimum atomic E-state index is -1.10. The number of rotatable bonds is 6. The molecule has 2 unspecified atom stereocenters. The minimum Gasteiger partial charge on any atom is -0.454 e. The molecule has 1 fully saturated rings. The molecule has 1 aliphatic heterocycles. The third-order valence-corrected chi connectivity index (χ3v) is 4.35. The maximum absolute atomic E-state index is 11.9. The maximum Gasteiger partial charge on any atom is 0.331 e. The molecule has 2 aliphatic rings. The number of fused-ring (bicyclic) bond motifs is 1. The van der Waals surface area contributed by atoms with E-state index in [1.807, 2.05) is 6.08 Å². The summed E-state index contributed by atoms with van der Waals surface area (Å²) in [4.78, 5) is 23.2. The number of esters is 1. The van der Waals surface area contributed by atoms with Crippen LogP contribution in [-0.4, -0.2) is 31.5 Å². The van der Waals surface area contributed by atoms with Gasteiger partial charge in [-0.15, -0.1) is 11.8 Å². The fourth-order valence-electron chi connectivity index (χ4n) is 2.56. The fraction of sp³-hybridized carbons (Fsp3) is 0.467. The lowest BCUT2D eigenvalue weighted by Gasteiger charge is -2.17. The zero-order valence-electron chi connectivity index (χ0n) is 12.4. The number of ketones is 1. The van der Waals surface area contributed by atoms with Gasteiger partial charge in [-0.1, -0.05) is 15.0 Å². The van der Waals surface area contributed by atoms with Crippen LogP contribution in [0.1, 0.15) is 32.6 Å². The second kappa shape index (κ2) is 8.07. The van der Waals surface area contributed by atoms with Gasteiger partial charge in [0.25, 0.3) is 0 Å². The van der Waals surface area contributed by atoms with E-state index in [0.717, 1.165) is 11.1 Å². The van der Waals surface area contributed by atoms with E-state index in [2.05, 4.69) is 20.8 Å². The average Bonchev–Trinajstić information content (AvgIpc) is 2.92. The molecule has 2 rings (SSSR count). The van der Waals surface area contributed by atoms with E-state index in [1.165, 1.54) is 6.08 Å². The molecular weight excluding hydrogens is 317 g/mol. The molecule has 22 heavy (non-hydrogen) atoms. The van der Waals surface area contributed by atoms with Crippen molar-refractivity contribution in [3.05, 3.63) is 23.3 Å². The molecular formula is C15H17BO4P2. The molecule has 4 nitrogen and oxygen atoms in total. The minimum absolute atomic E-state index is 0.115. The van der Waals surface area contributed by atoms with E-state index in [0.29, 0.717) is 25.7 Å². The smallest absolute Gasteiger partial charge is 0.331 e. The number of Topliss-reactive ketones (excluding diaryl/α,β-unsaturated/α-hetero) is 1. The van der Waals surface area contributed by atoms with Gasteiger partial charge in [-0.3, -0.25) is 4.79 Å². The van der Waals surface area contributed by atoms with Gasteiger partial charge in [-0.25, -0.2) is 4.79 Å². The second-order valence-corrected chi connectivity index (χ2v) is 7.50. The highest BCUT2D eigenvalue weighted by Crippen LogP contribution is 2.48. The van der Waals surface area contributed by atoms with E-state index in [4.69, 9.17) is 16.8 Å². The van der Waals surface area contributed by atoms with Crippen LogP contribution >= 0.6 is 16.6 Å². The quantitative estimate of drug-likeness (QED) is 0.324. The van der Waals surface area contributed by atoms with Gasteiger partial charge >= 0.3 is 5.97 Å². The first kappa shape index (κ1) is 17.4. The van der Waals surface area contributed by atoms with E-state index < -0.39 is 7.72 Å². The molecule has 2 radical (unpaired) electrons. The molecule has 1 heterocycles. The molecule has 4 atom stereocenters. The van der Waals surface area contributed by atoms with Gasteiger partial charge < -0.3 is 9.26 Å². The predicted octanol–water partition coefficient (Wildman–Crippen LogP) is 2.59. The number of hydrogen-bond acceptors (Lipinski definition) is 4. The molecule has 0 amide bonds. The summed E-state index contributed by atoms with van der Waals surface area (Å²) < 4.78 is 10.9. The highest BCUT2D eigenvalue weighted by Gasteiger charge is 2.41. The van der Waals surface area contributed by atoms with Gasteiger partial charge in [-0.2, -0.15) is 0 Å². The maximum atomic E-state index is 11.9. The second-order valence-electron chi connectivity index (χ2n) is 5.04. The summed E-state index contributed by atoms with van der Waals surface area (Å²) in [5.41, 5.74) is 1.67. The molecule has 114 valence electrons. The summed E-state index contributed by atoms with van der Waals surface area (Å²) in [5.74, 6) is 5.42. The Kier molecular flexibility index (Phi) is 6.39. The van der Waals surface area contributed by atoms with Crippen LogP contribution in [0, 0.1) is 11.8 Å². The lowest BCUT2D eigenvalue weighted by atomic mass is 10.0. The monoisotopic (exact) mass is 334 g/mol. The van der Waals surface area contributed by atoms with Crippen LogP contribution in [0.25, 0.3) is 0 Å². The molecule has 0 aromatic carbocycles. The summed E-state index contributed by atoms with van der Waals surface area (Å²) in [6.07, 6.45) is 4.69. The third-order valence-electron chi connectivity index (χ3n) is 3.49. The number of allylic oxidation sites excluding steroid dienone is 1. The Morgan fingerprint density at radius 3 is 3.14 bits per heavy atom. The fourth-order valence-corrected chi connectivity index (χ4v) is 3.49. The van der Waals surface area contributed by atoms with Crippen molar-refractivity contribution in [2.75, 3.05) is 0 Å². The normalized spacial score (nSPS) is 26.0. The van der Waals surface area contributed by atoms with Crippen molar-refractivity contribution in [1.82, 2.24) is 0 Å². The summed E-state index contributed by atoms with van der Waals surface area (Å²) in [7, 11) is 7.05. The van der Waals surface area contributed by atoms with Crippen LogP contribution in [0.15, 0.2) is 23.3 Å². The Labute approximate surface area is 135 Å². The first-order chi connectivity index (χ1) is 10.5. The summed E-state index contributed by atoms with van der Waals surface area (Å²) >= 11 is 0. The molecule has 7 heteroatoms. The van der Waals surface area contributed by atoms with Crippen molar-refractivity contribution >= 4 is 36.0 Å². The van der Waals surface area contributed by atoms with Gasteiger partial charge in [0.05, 0.1) is 6.10 Å². The predicted molar refractivity (Wildman–Crippen MR) is 90.2 cm³/mol. The van der Waals surface area contributed by atoms with Crippen molar-refractivity contribution < 1.29 is 18.8 Å². The molecule has 1 aliphatic carbocycles. The van der Waals surface area contributed by atoms with E-state index in [9.17, 15) is 9.59 Å². The summed E-state index contributed by atoms with van der Waals surface area (Å²) in [6.45, 7) is 1.75. The number of hydrogen-bond donors (Lipinski definition) is 0. The zero-order chi connectivity index (χ0) is 16.1. The van der Waals surface area contributed by atoms with Crippen LogP contribution in [0.2, 0.25) is 0 Å². The van der Waals surface area contributed by atoms with Crippen molar-refractivity contribution in [2.45, 2.75) is 44.8 Å². The highest BCUT2D eigenvalue weighted by molar-refractivity contribution is 8.23. The Morgan fingerprint density at radius 1 is 1.68 bits per heavy atom. The van der Waals surface area contributed by atoms with Crippen LogP contribution in [0.5, 0.6) is 0 Å². The molecule has 0 N–H and O–H groups in total. The van der Waals surface area contributed by atoms with Crippen LogP contribution in [-0.2, 0) is 18.8 Å². The number of carbonyl (C=O) groups is 2. The molecule has 0 saturated heterocycles. The Morgan fingerprint density at radius 2 is 2.45 bits per heavy atom. The zero-order valence-corrected chi connectivity index (χ0v) is 14.4. The van der Waals surface area contributed by atoms with E-state index in [1.54, 1.807) is 6.92 Å². The summed E-state index contributed by atoms with van der Waals surface area (Å²) in [6, 6.07) is 0. The lowest BCUT2D eigenvalue weighted by molar-refractivity contribution is -0.139. The molecule has 0 bridgehead atoms. The Bertz CT molecular complexity index is 586. The number of ether oxygens (including phenoxy) is 1. The summed E-state index contributed by atoms with van der Waals surface area (Å²) in [5, 5.41) is 0. The van der Waals surface area contributed by atoms with Crippen LogP contribution in [0.4, 0.5) is 0 Å². The van der Waals surface area contributed by atoms with Crippen molar-refractivity contribution in [3.63, 3.8) is 0 Å². The lowest BCUT2D eigenvalue weighted by Crippen LogP contribution is -2.12. The standard InChI is InChI=1S/C15H17BO4P2/c1-2-3-4-5-10(17)6-7-11-12-8-15(18)19-13(12)9-14(11)20-22(16)21/h7-8,13-14H,4-6,9,21H2,1H3/t13-,14+,22?/m0/s1. The van der Waals surface area contributed by atoms with Gasteiger partial charge in [-0.05, 0) is 20.2 Å². The van der Waals surface area contributed by atoms with Gasteiger partial charge in [0.15, 0.2) is 7.57 Å². The van der Waals surface area contributed by atoms with Gasteiger partial charge in [0.1, 0.15) is 11.9 Å². The highest BCUT2D eigenvalue weighted by atomic mass is 32.0. The van der Waals surface area contributed by atoms with Crippen molar-refractivity contribution in [3.8, 4) is 11.8 Å².